The molecule has 0 heterocycles. The van der Waals surface area contributed by atoms with E-state index in [9.17, 15) is 4.39 Å². The van der Waals surface area contributed by atoms with Crippen molar-refractivity contribution in [3.8, 4) is 11.8 Å². The first kappa shape index (κ1) is 10.4. The van der Waals surface area contributed by atoms with E-state index in [-0.39, 0.29) is 5.82 Å². The highest BCUT2D eigenvalue weighted by molar-refractivity contribution is 5.43. The molecule has 0 aliphatic rings. The van der Waals surface area contributed by atoms with Gasteiger partial charge in [-0.1, -0.05) is 41.7 Å². The first-order valence-electron chi connectivity index (χ1n) is 5.09. The van der Waals surface area contributed by atoms with Gasteiger partial charge in [-0.2, -0.15) is 0 Å². The van der Waals surface area contributed by atoms with Crippen molar-refractivity contribution in [2.75, 3.05) is 0 Å². The van der Waals surface area contributed by atoms with E-state index in [1.807, 2.05) is 31.2 Å². The molecule has 1 heteroatoms. The number of hydrogen-bond donors (Lipinski definition) is 0. The summed E-state index contributed by atoms with van der Waals surface area (Å²) in [5.41, 5.74) is 2.52. The minimum absolute atomic E-state index is 0.276. The van der Waals surface area contributed by atoms with Crippen LogP contribution in [-0.4, -0.2) is 0 Å². The van der Waals surface area contributed by atoms with Crippen LogP contribution in [0.25, 0.3) is 0 Å². The quantitative estimate of drug-likeness (QED) is 0.583. The fourth-order valence-electron chi connectivity index (χ4n) is 1.34. The van der Waals surface area contributed by atoms with E-state index in [4.69, 9.17) is 0 Å². The predicted octanol–water partition coefficient (Wildman–Crippen LogP) is 3.53. The van der Waals surface area contributed by atoms with Crippen LogP contribution in [-0.2, 0) is 0 Å². The average Bonchev–Trinajstić information content (AvgIpc) is 2.30. The Balaban J connectivity index is 2.29. The van der Waals surface area contributed by atoms with Crippen LogP contribution in [0.5, 0.6) is 0 Å². The Kier molecular flexibility index (Phi) is 3.03. The maximum atomic E-state index is 13.3. The number of benzene rings is 2. The topological polar surface area (TPSA) is 0 Å². The first-order chi connectivity index (χ1) is 7.75. The van der Waals surface area contributed by atoms with Gasteiger partial charge in [0.05, 0.1) is 5.56 Å². The zero-order chi connectivity index (χ0) is 11.4. The molecule has 0 amide bonds. The molecule has 0 aliphatic heterocycles. The maximum absolute atomic E-state index is 13.3. The highest BCUT2D eigenvalue weighted by atomic mass is 19.1. The highest BCUT2D eigenvalue weighted by Crippen LogP contribution is 2.05. The SMILES string of the molecule is Cc1ccc(C#Cc2ccccc2F)cc1. The van der Waals surface area contributed by atoms with Crippen LogP contribution in [0, 0.1) is 24.6 Å². The summed E-state index contributed by atoms with van der Waals surface area (Å²) in [5, 5.41) is 0. The summed E-state index contributed by atoms with van der Waals surface area (Å²) in [5.74, 6) is 5.49. The van der Waals surface area contributed by atoms with E-state index in [1.54, 1.807) is 18.2 Å². The molecule has 0 atom stereocenters. The Morgan fingerprint density at radius 1 is 0.875 bits per heavy atom. The molecule has 0 aliphatic carbocycles. The largest absolute Gasteiger partial charge is 0.206 e. The van der Waals surface area contributed by atoms with Gasteiger partial charge in [-0.25, -0.2) is 4.39 Å². The van der Waals surface area contributed by atoms with Gasteiger partial charge < -0.3 is 0 Å². The molecule has 0 saturated heterocycles. The third-order valence-electron chi connectivity index (χ3n) is 2.27. The van der Waals surface area contributed by atoms with Gasteiger partial charge in [0, 0.05) is 5.56 Å². The van der Waals surface area contributed by atoms with Crippen LogP contribution in [0.4, 0.5) is 4.39 Å². The molecule has 0 fully saturated rings. The predicted molar refractivity (Wildman–Crippen MR) is 63.6 cm³/mol. The molecule has 2 aromatic rings. The van der Waals surface area contributed by atoms with Crippen LogP contribution < -0.4 is 0 Å². The van der Waals surface area contributed by atoms with E-state index < -0.39 is 0 Å². The lowest BCUT2D eigenvalue weighted by molar-refractivity contribution is 0.624. The van der Waals surface area contributed by atoms with E-state index in [0.29, 0.717) is 5.56 Å². The van der Waals surface area contributed by atoms with Gasteiger partial charge in [-0.3, -0.25) is 0 Å². The lowest BCUT2D eigenvalue weighted by Gasteiger charge is -1.93. The van der Waals surface area contributed by atoms with E-state index in [2.05, 4.69) is 11.8 Å². The van der Waals surface area contributed by atoms with Crippen molar-refractivity contribution in [2.24, 2.45) is 0 Å². The molecule has 0 radical (unpaired) electrons. The number of hydrogen-bond acceptors (Lipinski definition) is 0. The fraction of sp³-hybridized carbons (Fsp3) is 0.0667. The summed E-state index contributed by atoms with van der Waals surface area (Å²) < 4.78 is 13.3. The summed E-state index contributed by atoms with van der Waals surface area (Å²) in [7, 11) is 0. The average molecular weight is 210 g/mol. The zero-order valence-electron chi connectivity index (χ0n) is 9.00. The molecule has 0 spiro atoms. The van der Waals surface area contributed by atoms with Crippen LogP contribution in [0.15, 0.2) is 48.5 Å². The van der Waals surface area contributed by atoms with Crippen LogP contribution in [0.3, 0.4) is 0 Å². The molecule has 78 valence electrons. The molecule has 0 bridgehead atoms. The van der Waals surface area contributed by atoms with E-state index in [0.717, 1.165) is 5.56 Å². The van der Waals surface area contributed by atoms with Crippen molar-refractivity contribution in [3.63, 3.8) is 0 Å². The number of aryl methyl sites for hydroxylation is 1. The summed E-state index contributed by atoms with van der Waals surface area (Å²) in [4.78, 5) is 0. The van der Waals surface area contributed by atoms with Crippen molar-refractivity contribution in [1.29, 1.82) is 0 Å². The van der Waals surface area contributed by atoms with Gasteiger partial charge >= 0.3 is 0 Å². The molecule has 0 aromatic heterocycles. The fourth-order valence-corrected chi connectivity index (χ4v) is 1.34. The van der Waals surface area contributed by atoms with Crippen molar-refractivity contribution in [3.05, 3.63) is 71.0 Å². The number of rotatable bonds is 0. The van der Waals surface area contributed by atoms with Gasteiger partial charge in [0.2, 0.25) is 0 Å². The molecule has 2 rings (SSSR count). The molecule has 0 saturated carbocycles. The summed E-state index contributed by atoms with van der Waals surface area (Å²) in [6.45, 7) is 2.02. The molecular weight excluding hydrogens is 199 g/mol. The van der Waals surface area contributed by atoms with Gasteiger partial charge in [-0.05, 0) is 31.2 Å². The molecule has 0 nitrogen and oxygen atoms in total. The maximum Gasteiger partial charge on any atom is 0.138 e. The summed E-state index contributed by atoms with van der Waals surface area (Å²) in [6.07, 6.45) is 0. The Morgan fingerprint density at radius 2 is 1.56 bits per heavy atom. The second-order valence-electron chi connectivity index (χ2n) is 3.60. The molecular formula is C15H11F. The normalized spacial score (nSPS) is 9.38. The van der Waals surface area contributed by atoms with Gasteiger partial charge in [0.15, 0.2) is 0 Å². The van der Waals surface area contributed by atoms with Gasteiger partial charge in [0.1, 0.15) is 5.82 Å². The van der Waals surface area contributed by atoms with E-state index >= 15 is 0 Å². The Labute approximate surface area is 94.7 Å². The Bertz CT molecular complexity index is 542. The Hall–Kier alpha value is -2.07. The Morgan fingerprint density at radius 3 is 2.25 bits per heavy atom. The number of halogens is 1. The minimum atomic E-state index is -0.276. The third kappa shape index (κ3) is 2.49. The van der Waals surface area contributed by atoms with E-state index in [1.165, 1.54) is 11.6 Å². The summed E-state index contributed by atoms with van der Waals surface area (Å²) in [6, 6.07) is 14.4. The standard InChI is InChI=1S/C15H11F/c1-12-6-8-13(9-7-12)10-11-14-4-2-3-5-15(14)16/h2-9H,1H3. The minimum Gasteiger partial charge on any atom is -0.206 e. The van der Waals surface area contributed by atoms with Crippen LogP contribution in [0.2, 0.25) is 0 Å². The highest BCUT2D eigenvalue weighted by Gasteiger charge is 1.94. The van der Waals surface area contributed by atoms with Crippen molar-refractivity contribution in [1.82, 2.24) is 0 Å². The second kappa shape index (κ2) is 4.63. The van der Waals surface area contributed by atoms with Crippen molar-refractivity contribution >= 4 is 0 Å². The lowest BCUT2D eigenvalue weighted by Crippen LogP contribution is -1.81. The molecule has 16 heavy (non-hydrogen) atoms. The van der Waals surface area contributed by atoms with Gasteiger partial charge in [-0.15, -0.1) is 0 Å². The van der Waals surface area contributed by atoms with Crippen molar-refractivity contribution < 1.29 is 4.39 Å². The van der Waals surface area contributed by atoms with Crippen LogP contribution >= 0.6 is 0 Å². The molecule has 0 N–H and O–H groups in total. The summed E-state index contributed by atoms with van der Waals surface area (Å²) >= 11 is 0. The van der Waals surface area contributed by atoms with Crippen molar-refractivity contribution in [2.45, 2.75) is 6.92 Å². The monoisotopic (exact) mass is 210 g/mol. The van der Waals surface area contributed by atoms with Gasteiger partial charge in [0.25, 0.3) is 0 Å². The second-order valence-corrected chi connectivity index (χ2v) is 3.60. The van der Waals surface area contributed by atoms with Crippen LogP contribution in [0.1, 0.15) is 16.7 Å². The first-order valence-corrected chi connectivity index (χ1v) is 5.09. The molecule has 0 unspecified atom stereocenters. The molecule has 2 aromatic carbocycles. The lowest BCUT2D eigenvalue weighted by atomic mass is 10.1. The zero-order valence-corrected chi connectivity index (χ0v) is 9.00. The third-order valence-corrected chi connectivity index (χ3v) is 2.27. The smallest absolute Gasteiger partial charge is 0.138 e.